The molecular weight excluding hydrogens is 352 g/mol. The lowest BCUT2D eigenvalue weighted by Crippen LogP contribution is -2.43. The Hall–Kier alpha value is -1.18. The average Bonchev–Trinajstić information content (AvgIpc) is 2.48. The Labute approximate surface area is 148 Å². The first-order chi connectivity index (χ1) is 11.3. The molecule has 0 N–H and O–H groups in total. The maximum Gasteiger partial charge on any atom is 0.214 e. The number of ketones is 1. The smallest absolute Gasteiger partial charge is 0.214 e. The van der Waals surface area contributed by atoms with E-state index in [0.29, 0.717) is 43.3 Å². The molecule has 0 bridgehead atoms. The van der Waals surface area contributed by atoms with Crippen LogP contribution >= 0.6 is 11.6 Å². The molecule has 1 fully saturated rings. The summed E-state index contributed by atoms with van der Waals surface area (Å²) in [6, 6.07) is 3.41. The number of rotatable bonds is 7. The summed E-state index contributed by atoms with van der Waals surface area (Å²) < 4.78 is 32.1. The maximum absolute atomic E-state index is 12.4. The molecule has 1 aliphatic heterocycles. The van der Waals surface area contributed by atoms with Gasteiger partial charge >= 0.3 is 0 Å². The highest BCUT2D eigenvalue weighted by Crippen LogP contribution is 2.21. The number of carbonyl (C=O) groups excluding carboxylic acids is 1. The topological polar surface area (TPSA) is 76.6 Å². The molecule has 134 valence electrons. The summed E-state index contributed by atoms with van der Waals surface area (Å²) in [6.07, 6.45) is 2.99. The van der Waals surface area contributed by atoms with Crippen LogP contribution in [0, 0.1) is 5.92 Å². The predicted octanol–water partition coefficient (Wildman–Crippen LogP) is 2.52. The van der Waals surface area contributed by atoms with E-state index in [-0.39, 0.29) is 23.6 Å². The van der Waals surface area contributed by atoms with Gasteiger partial charge in [0.1, 0.15) is 11.9 Å². The van der Waals surface area contributed by atoms with Gasteiger partial charge in [-0.25, -0.2) is 17.7 Å². The molecule has 0 spiro atoms. The number of piperidine rings is 1. The highest BCUT2D eigenvalue weighted by Gasteiger charge is 2.30. The number of hydrogen-bond acceptors (Lipinski definition) is 5. The van der Waals surface area contributed by atoms with E-state index < -0.39 is 10.0 Å². The van der Waals surface area contributed by atoms with Gasteiger partial charge in [0.05, 0.1) is 10.8 Å². The van der Waals surface area contributed by atoms with Crippen molar-refractivity contribution in [1.29, 1.82) is 0 Å². The standard InChI is InChI=1S/C16H23ClN2O4S/c1-12(9-13(2)20)11-24(21,22)19-7-5-15(6-8-19)23-16-4-3-14(17)10-18-16/h3-4,10,12,15H,5-9,11H2,1-2H3. The zero-order valence-electron chi connectivity index (χ0n) is 13.9. The normalized spacial score (nSPS) is 18.3. The van der Waals surface area contributed by atoms with Crippen molar-refractivity contribution in [3.05, 3.63) is 23.4 Å². The van der Waals surface area contributed by atoms with Crippen LogP contribution in [-0.4, -0.2) is 48.4 Å². The van der Waals surface area contributed by atoms with Gasteiger partial charge in [-0.2, -0.15) is 0 Å². The van der Waals surface area contributed by atoms with Crippen molar-refractivity contribution in [2.24, 2.45) is 5.92 Å². The van der Waals surface area contributed by atoms with Crippen molar-refractivity contribution in [3.63, 3.8) is 0 Å². The summed E-state index contributed by atoms with van der Waals surface area (Å²) in [5.74, 6) is 0.354. The maximum atomic E-state index is 12.4. The lowest BCUT2D eigenvalue weighted by molar-refractivity contribution is -0.117. The summed E-state index contributed by atoms with van der Waals surface area (Å²) in [5.41, 5.74) is 0. The molecule has 0 saturated carbocycles. The molecule has 1 aromatic heterocycles. The largest absolute Gasteiger partial charge is 0.474 e. The molecular formula is C16H23ClN2O4S. The Bertz CT molecular complexity index is 655. The lowest BCUT2D eigenvalue weighted by atomic mass is 10.1. The van der Waals surface area contributed by atoms with Gasteiger partial charge in [-0.1, -0.05) is 18.5 Å². The first kappa shape index (κ1) is 19.1. The second-order valence-corrected chi connectivity index (χ2v) is 8.77. The summed E-state index contributed by atoms with van der Waals surface area (Å²) in [7, 11) is -3.34. The van der Waals surface area contributed by atoms with E-state index in [2.05, 4.69) is 4.98 Å². The van der Waals surface area contributed by atoms with Gasteiger partial charge in [0.25, 0.3) is 0 Å². The SMILES string of the molecule is CC(=O)CC(C)CS(=O)(=O)N1CCC(Oc2ccc(Cl)cn2)CC1. The Morgan fingerprint density at radius 3 is 2.62 bits per heavy atom. The van der Waals surface area contributed by atoms with Crippen molar-refractivity contribution in [1.82, 2.24) is 9.29 Å². The molecule has 8 heteroatoms. The number of hydrogen-bond donors (Lipinski definition) is 0. The molecule has 0 aromatic carbocycles. The van der Waals surface area contributed by atoms with Gasteiger partial charge in [-0.3, -0.25) is 0 Å². The minimum Gasteiger partial charge on any atom is -0.474 e. The fourth-order valence-electron chi connectivity index (χ4n) is 2.85. The summed E-state index contributed by atoms with van der Waals surface area (Å²) in [5, 5.41) is 0.544. The number of aromatic nitrogens is 1. The van der Waals surface area contributed by atoms with Crippen molar-refractivity contribution in [3.8, 4) is 5.88 Å². The first-order valence-electron chi connectivity index (χ1n) is 8.02. The lowest BCUT2D eigenvalue weighted by Gasteiger charge is -2.31. The first-order valence-corrected chi connectivity index (χ1v) is 10.0. The van der Waals surface area contributed by atoms with Crippen LogP contribution in [0.3, 0.4) is 0 Å². The number of sulfonamides is 1. The molecule has 2 heterocycles. The van der Waals surface area contributed by atoms with Crippen LogP contribution in [0.2, 0.25) is 5.02 Å². The molecule has 1 aromatic rings. The molecule has 0 amide bonds. The van der Waals surface area contributed by atoms with Crippen LogP contribution < -0.4 is 4.74 Å². The monoisotopic (exact) mass is 374 g/mol. The summed E-state index contributed by atoms with van der Waals surface area (Å²) in [6.45, 7) is 4.12. The zero-order valence-corrected chi connectivity index (χ0v) is 15.5. The van der Waals surface area contributed by atoms with E-state index in [1.807, 2.05) is 0 Å². The Balaban J connectivity index is 1.85. The summed E-state index contributed by atoms with van der Waals surface area (Å²) >= 11 is 5.78. The van der Waals surface area contributed by atoms with E-state index >= 15 is 0 Å². The average molecular weight is 375 g/mol. The third kappa shape index (κ3) is 5.72. The van der Waals surface area contributed by atoms with Crippen LogP contribution in [0.1, 0.15) is 33.1 Å². The number of nitrogens with zero attached hydrogens (tertiary/aromatic N) is 2. The quantitative estimate of drug-likeness (QED) is 0.732. The van der Waals surface area contributed by atoms with Crippen molar-refractivity contribution in [2.75, 3.05) is 18.8 Å². The van der Waals surface area contributed by atoms with E-state index in [1.165, 1.54) is 17.4 Å². The van der Waals surface area contributed by atoms with E-state index in [4.69, 9.17) is 16.3 Å². The highest BCUT2D eigenvalue weighted by atomic mass is 35.5. The van der Waals surface area contributed by atoms with Crippen LogP contribution in [0.25, 0.3) is 0 Å². The molecule has 0 radical (unpaired) electrons. The zero-order chi connectivity index (χ0) is 17.7. The fourth-order valence-corrected chi connectivity index (χ4v) is 4.77. The van der Waals surface area contributed by atoms with Crippen LogP contribution in [0.15, 0.2) is 18.3 Å². The number of Topliss-reactive ketones (excluding diaryl/α,β-unsaturated/α-hetero) is 1. The molecule has 24 heavy (non-hydrogen) atoms. The molecule has 1 saturated heterocycles. The summed E-state index contributed by atoms with van der Waals surface area (Å²) in [4.78, 5) is 15.2. The molecule has 2 rings (SSSR count). The van der Waals surface area contributed by atoms with E-state index in [9.17, 15) is 13.2 Å². The van der Waals surface area contributed by atoms with Crippen LogP contribution in [-0.2, 0) is 14.8 Å². The fraction of sp³-hybridized carbons (Fsp3) is 0.625. The Kier molecular flexibility index (Phi) is 6.60. The van der Waals surface area contributed by atoms with Gasteiger partial charge in [0.2, 0.25) is 15.9 Å². The molecule has 1 aliphatic rings. The Morgan fingerprint density at radius 1 is 1.42 bits per heavy atom. The van der Waals surface area contributed by atoms with Gasteiger partial charge in [-0.05, 0) is 31.7 Å². The third-order valence-electron chi connectivity index (χ3n) is 3.91. The number of pyridine rings is 1. The molecule has 0 aliphatic carbocycles. The van der Waals surface area contributed by atoms with Crippen LogP contribution in [0.5, 0.6) is 5.88 Å². The minimum absolute atomic E-state index is 0.0108. The van der Waals surface area contributed by atoms with Crippen molar-refractivity contribution in [2.45, 2.75) is 39.2 Å². The molecule has 1 unspecified atom stereocenters. The number of carbonyl (C=O) groups is 1. The number of ether oxygens (including phenoxy) is 1. The van der Waals surface area contributed by atoms with Gasteiger partial charge < -0.3 is 9.53 Å². The van der Waals surface area contributed by atoms with Gasteiger partial charge in [0.15, 0.2) is 0 Å². The second-order valence-electron chi connectivity index (χ2n) is 6.32. The Morgan fingerprint density at radius 2 is 2.08 bits per heavy atom. The third-order valence-corrected chi connectivity index (χ3v) is 6.28. The van der Waals surface area contributed by atoms with Crippen molar-refractivity contribution < 1.29 is 17.9 Å². The van der Waals surface area contributed by atoms with Crippen molar-refractivity contribution >= 4 is 27.4 Å². The van der Waals surface area contributed by atoms with Crippen LogP contribution in [0.4, 0.5) is 0 Å². The molecule has 6 nitrogen and oxygen atoms in total. The number of halogens is 1. The highest BCUT2D eigenvalue weighted by molar-refractivity contribution is 7.89. The predicted molar refractivity (Wildman–Crippen MR) is 92.7 cm³/mol. The molecule has 1 atom stereocenters. The van der Waals surface area contributed by atoms with E-state index in [0.717, 1.165) is 0 Å². The van der Waals surface area contributed by atoms with Gasteiger partial charge in [-0.15, -0.1) is 0 Å². The van der Waals surface area contributed by atoms with E-state index in [1.54, 1.807) is 19.1 Å². The minimum atomic E-state index is -3.34. The van der Waals surface area contributed by atoms with Gasteiger partial charge in [0, 0.05) is 31.8 Å². The second kappa shape index (κ2) is 8.27.